The normalized spacial score (nSPS) is 19.1. The number of aromatic nitrogens is 4. The molecule has 5 rings (SSSR count). The minimum absolute atomic E-state index is 0.259. The number of carbonyl (C=O) groups excluding carboxylic acids is 1. The third-order valence-corrected chi connectivity index (χ3v) is 7.90. The second-order valence-corrected chi connectivity index (χ2v) is 10.5. The molecule has 3 atom stereocenters. The van der Waals surface area contributed by atoms with Crippen molar-refractivity contribution in [3.05, 3.63) is 95.7 Å². The first kappa shape index (κ1) is 26.0. The van der Waals surface area contributed by atoms with E-state index in [9.17, 15) is 4.79 Å². The summed E-state index contributed by atoms with van der Waals surface area (Å²) in [6, 6.07) is 20.7. The number of hydrogen-bond donors (Lipinski definition) is 0. The standard InChI is InChI=1S/C32H36N4O2/c1-22-31(36(28-12-8-5-9-13-28)35-32(22)27-20-33-23(2)34-21-27)19-29(37)18-26-16-24(14-15-38-3)17-30(26)25-10-6-4-7-11-25/h4-13,20-21,24,26,30H,14-19H2,1-3H3/t24-,26+,30+/m1/s1. The maximum atomic E-state index is 13.7. The van der Waals surface area contributed by atoms with Crippen LogP contribution in [0.2, 0.25) is 0 Å². The van der Waals surface area contributed by atoms with Gasteiger partial charge in [-0.15, -0.1) is 0 Å². The van der Waals surface area contributed by atoms with Gasteiger partial charge in [-0.2, -0.15) is 5.10 Å². The first-order chi connectivity index (χ1) is 18.5. The highest BCUT2D eigenvalue weighted by Crippen LogP contribution is 2.46. The Kier molecular flexibility index (Phi) is 8.08. The molecule has 2 heterocycles. The number of methoxy groups -OCH3 is 1. The van der Waals surface area contributed by atoms with Crippen molar-refractivity contribution in [2.45, 2.75) is 51.9 Å². The van der Waals surface area contributed by atoms with E-state index < -0.39 is 0 Å². The summed E-state index contributed by atoms with van der Waals surface area (Å²) in [7, 11) is 1.76. The lowest BCUT2D eigenvalue weighted by molar-refractivity contribution is -0.119. The molecule has 38 heavy (non-hydrogen) atoms. The molecule has 6 nitrogen and oxygen atoms in total. The van der Waals surface area contributed by atoms with Crippen LogP contribution in [0, 0.1) is 25.7 Å². The van der Waals surface area contributed by atoms with Crippen LogP contribution in [-0.2, 0) is 16.0 Å². The second-order valence-electron chi connectivity index (χ2n) is 10.5. The van der Waals surface area contributed by atoms with Crippen LogP contribution in [0.3, 0.4) is 0 Å². The van der Waals surface area contributed by atoms with E-state index in [0.29, 0.717) is 30.6 Å². The van der Waals surface area contributed by atoms with Crippen LogP contribution in [0.5, 0.6) is 0 Å². The van der Waals surface area contributed by atoms with Crippen LogP contribution in [0.15, 0.2) is 73.1 Å². The van der Waals surface area contributed by atoms with E-state index in [0.717, 1.165) is 59.9 Å². The SMILES string of the molecule is COCC[C@@H]1C[C@@H](CC(=O)Cc2c(C)c(-c3cnc(C)nc3)nn2-c2ccccc2)[C@H](c2ccccc2)C1. The summed E-state index contributed by atoms with van der Waals surface area (Å²) in [6.07, 6.45) is 7.77. The number of hydrogen-bond acceptors (Lipinski definition) is 5. The average molecular weight is 509 g/mol. The lowest BCUT2D eigenvalue weighted by Gasteiger charge is -2.19. The molecule has 1 fully saturated rings. The lowest BCUT2D eigenvalue weighted by Crippen LogP contribution is -2.16. The molecular weight excluding hydrogens is 472 g/mol. The maximum Gasteiger partial charge on any atom is 0.139 e. The summed E-state index contributed by atoms with van der Waals surface area (Å²) < 4.78 is 7.29. The molecule has 2 aromatic heterocycles. The quantitative estimate of drug-likeness (QED) is 0.252. The topological polar surface area (TPSA) is 69.9 Å². The van der Waals surface area contributed by atoms with Crippen LogP contribution >= 0.6 is 0 Å². The Balaban J connectivity index is 1.41. The molecule has 4 aromatic rings. The third kappa shape index (κ3) is 5.76. The molecule has 1 aliphatic carbocycles. The van der Waals surface area contributed by atoms with Crippen molar-refractivity contribution in [3.63, 3.8) is 0 Å². The fourth-order valence-electron chi connectivity index (χ4n) is 5.96. The molecule has 0 aliphatic heterocycles. The molecule has 0 unspecified atom stereocenters. The van der Waals surface area contributed by atoms with Gasteiger partial charge in [0.15, 0.2) is 0 Å². The van der Waals surface area contributed by atoms with Gasteiger partial charge in [-0.05, 0) is 74.1 Å². The predicted octanol–water partition coefficient (Wildman–Crippen LogP) is 6.29. The Morgan fingerprint density at radius 3 is 2.34 bits per heavy atom. The van der Waals surface area contributed by atoms with Crippen molar-refractivity contribution in [1.29, 1.82) is 0 Å². The van der Waals surface area contributed by atoms with Crippen LogP contribution < -0.4 is 0 Å². The molecule has 1 saturated carbocycles. The summed E-state index contributed by atoms with van der Waals surface area (Å²) in [6.45, 7) is 4.69. The van der Waals surface area contributed by atoms with E-state index in [4.69, 9.17) is 9.84 Å². The minimum Gasteiger partial charge on any atom is -0.385 e. The summed E-state index contributed by atoms with van der Waals surface area (Å²) in [5.74, 6) is 2.31. The van der Waals surface area contributed by atoms with Gasteiger partial charge in [-0.25, -0.2) is 14.6 Å². The van der Waals surface area contributed by atoms with Crippen molar-refractivity contribution < 1.29 is 9.53 Å². The van der Waals surface area contributed by atoms with Crippen LogP contribution in [0.1, 0.15) is 54.2 Å². The molecule has 0 N–H and O–H groups in total. The number of para-hydroxylation sites is 1. The van der Waals surface area contributed by atoms with Crippen LogP contribution in [0.25, 0.3) is 16.9 Å². The number of ketones is 1. The molecule has 0 spiro atoms. The monoisotopic (exact) mass is 508 g/mol. The van der Waals surface area contributed by atoms with Crippen LogP contribution in [-0.4, -0.2) is 39.2 Å². The van der Waals surface area contributed by atoms with Gasteiger partial charge in [-0.1, -0.05) is 48.5 Å². The van der Waals surface area contributed by atoms with Crippen molar-refractivity contribution in [2.75, 3.05) is 13.7 Å². The molecule has 0 saturated heterocycles. The second kappa shape index (κ2) is 11.8. The Bertz CT molecular complexity index is 1350. The van der Waals surface area contributed by atoms with Gasteiger partial charge in [0.25, 0.3) is 0 Å². The Hall–Kier alpha value is -3.64. The third-order valence-electron chi connectivity index (χ3n) is 7.90. The Labute approximate surface area is 225 Å². The number of Topliss-reactive ketones (excluding diaryl/α,β-unsaturated/α-hetero) is 1. The van der Waals surface area contributed by atoms with E-state index >= 15 is 0 Å². The number of ether oxygens (including phenoxy) is 1. The highest BCUT2D eigenvalue weighted by molar-refractivity contribution is 5.82. The summed E-state index contributed by atoms with van der Waals surface area (Å²) >= 11 is 0. The largest absolute Gasteiger partial charge is 0.385 e. The lowest BCUT2D eigenvalue weighted by atomic mass is 9.85. The number of rotatable bonds is 10. The molecule has 196 valence electrons. The zero-order chi connectivity index (χ0) is 26.5. The van der Waals surface area contributed by atoms with Gasteiger partial charge in [0.05, 0.1) is 17.1 Å². The van der Waals surface area contributed by atoms with Crippen molar-refractivity contribution >= 4 is 5.78 Å². The maximum absolute atomic E-state index is 13.7. The fraction of sp³-hybridized carbons (Fsp3) is 0.375. The fourth-order valence-corrected chi connectivity index (χ4v) is 5.96. The van der Waals surface area contributed by atoms with Crippen molar-refractivity contribution in [3.8, 4) is 16.9 Å². The van der Waals surface area contributed by atoms with Gasteiger partial charge < -0.3 is 4.74 Å². The van der Waals surface area contributed by atoms with E-state index in [1.165, 1.54) is 5.56 Å². The molecule has 1 aliphatic rings. The molecule has 0 radical (unpaired) electrons. The highest BCUT2D eigenvalue weighted by atomic mass is 16.5. The zero-order valence-electron chi connectivity index (χ0n) is 22.5. The smallest absolute Gasteiger partial charge is 0.139 e. The number of benzene rings is 2. The van der Waals surface area contributed by atoms with Gasteiger partial charge in [0, 0.05) is 44.5 Å². The van der Waals surface area contributed by atoms with E-state index in [2.05, 4.69) is 40.3 Å². The van der Waals surface area contributed by atoms with Crippen molar-refractivity contribution in [2.24, 2.45) is 11.8 Å². The number of nitrogens with zero attached hydrogens (tertiary/aromatic N) is 4. The first-order valence-corrected chi connectivity index (χ1v) is 13.5. The highest BCUT2D eigenvalue weighted by Gasteiger charge is 2.36. The summed E-state index contributed by atoms with van der Waals surface area (Å²) in [5, 5.41) is 4.94. The van der Waals surface area contributed by atoms with Gasteiger partial charge in [-0.3, -0.25) is 4.79 Å². The van der Waals surface area contributed by atoms with Gasteiger partial charge in [0.2, 0.25) is 0 Å². The van der Waals surface area contributed by atoms with E-state index in [1.807, 2.05) is 61.3 Å². The summed E-state index contributed by atoms with van der Waals surface area (Å²) in [4.78, 5) is 22.4. The molecule has 6 heteroatoms. The molecule has 0 bridgehead atoms. The molecule has 2 aromatic carbocycles. The summed E-state index contributed by atoms with van der Waals surface area (Å²) in [5.41, 5.74) is 5.90. The first-order valence-electron chi connectivity index (χ1n) is 13.5. The van der Waals surface area contributed by atoms with E-state index in [-0.39, 0.29) is 5.78 Å². The van der Waals surface area contributed by atoms with E-state index in [1.54, 1.807) is 7.11 Å². The Morgan fingerprint density at radius 1 is 0.974 bits per heavy atom. The number of aryl methyl sites for hydroxylation is 1. The minimum atomic E-state index is 0.259. The Morgan fingerprint density at radius 2 is 1.66 bits per heavy atom. The zero-order valence-corrected chi connectivity index (χ0v) is 22.5. The molecular formula is C32H36N4O2. The predicted molar refractivity (Wildman–Crippen MR) is 149 cm³/mol. The average Bonchev–Trinajstić information content (AvgIpc) is 3.49. The molecule has 0 amide bonds. The van der Waals surface area contributed by atoms with Crippen LogP contribution in [0.4, 0.5) is 0 Å². The van der Waals surface area contributed by atoms with Gasteiger partial charge >= 0.3 is 0 Å². The van der Waals surface area contributed by atoms with Crippen molar-refractivity contribution in [1.82, 2.24) is 19.7 Å². The van der Waals surface area contributed by atoms with Gasteiger partial charge in [0.1, 0.15) is 11.6 Å². The number of carbonyl (C=O) groups is 1.